The lowest BCUT2D eigenvalue weighted by Crippen LogP contribution is -2.45. The Kier molecular flexibility index (Phi) is 10.8. The summed E-state index contributed by atoms with van der Waals surface area (Å²) in [5.41, 5.74) is 1.15. The van der Waals surface area contributed by atoms with E-state index in [0.29, 0.717) is 19.1 Å². The van der Waals surface area contributed by atoms with Gasteiger partial charge in [0.15, 0.2) is 5.96 Å². The number of aliphatic imine (C=N–C) groups is 1. The number of halogens is 2. The van der Waals surface area contributed by atoms with Gasteiger partial charge < -0.3 is 20.9 Å². The Balaban J connectivity index is 0.00000364. The summed E-state index contributed by atoms with van der Waals surface area (Å²) >= 11 is 6.10. The molecule has 3 N–H and O–H groups in total. The number of hydrogen-bond donors (Lipinski definition) is 3. The molecule has 0 aromatic heterocycles. The number of hydrogen-bond acceptors (Lipinski definition) is 3. The van der Waals surface area contributed by atoms with Crippen molar-refractivity contribution in [3.8, 4) is 0 Å². The van der Waals surface area contributed by atoms with Gasteiger partial charge in [-0.3, -0.25) is 9.79 Å². The predicted octanol–water partition coefficient (Wildman–Crippen LogP) is 2.86. The third-order valence-corrected chi connectivity index (χ3v) is 4.49. The van der Waals surface area contributed by atoms with Crippen LogP contribution < -0.4 is 20.9 Å². The van der Waals surface area contributed by atoms with Crippen molar-refractivity contribution >= 4 is 53.1 Å². The molecule has 8 heteroatoms. The molecule has 0 radical (unpaired) electrons. The van der Waals surface area contributed by atoms with Crippen LogP contribution in [0.4, 0.5) is 5.69 Å². The molecule has 1 saturated heterocycles. The monoisotopic (exact) mass is 507 g/mol. The number of nitrogens with zero attached hydrogens (tertiary/aromatic N) is 2. The number of guanidine groups is 1. The first-order chi connectivity index (χ1) is 12.5. The van der Waals surface area contributed by atoms with Gasteiger partial charge in [-0.25, -0.2) is 0 Å². The van der Waals surface area contributed by atoms with Crippen molar-refractivity contribution in [2.45, 2.75) is 33.2 Å². The van der Waals surface area contributed by atoms with E-state index in [1.54, 1.807) is 0 Å². The van der Waals surface area contributed by atoms with Crippen molar-refractivity contribution in [3.05, 3.63) is 29.3 Å². The largest absolute Gasteiger partial charge is 0.369 e. The zero-order valence-corrected chi connectivity index (χ0v) is 19.4. The Bertz CT molecular complexity index is 626. The van der Waals surface area contributed by atoms with Gasteiger partial charge in [0.25, 0.3) is 0 Å². The molecule has 1 heterocycles. The molecular formula is C19H31ClIN5O. The molecule has 0 aliphatic carbocycles. The maximum Gasteiger partial charge on any atom is 0.222 e. The average molecular weight is 508 g/mol. The second kappa shape index (κ2) is 12.3. The topological polar surface area (TPSA) is 68.8 Å². The van der Waals surface area contributed by atoms with Gasteiger partial charge in [-0.15, -0.1) is 24.0 Å². The van der Waals surface area contributed by atoms with Crippen LogP contribution in [-0.2, 0) is 4.79 Å². The van der Waals surface area contributed by atoms with Gasteiger partial charge in [0, 0.05) is 48.8 Å². The summed E-state index contributed by atoms with van der Waals surface area (Å²) in [7, 11) is 0. The molecule has 1 aliphatic rings. The van der Waals surface area contributed by atoms with Gasteiger partial charge in [0.05, 0.1) is 6.54 Å². The van der Waals surface area contributed by atoms with E-state index in [0.717, 1.165) is 42.7 Å². The molecule has 1 aromatic rings. The van der Waals surface area contributed by atoms with Crippen molar-refractivity contribution in [2.75, 3.05) is 37.6 Å². The fourth-order valence-electron chi connectivity index (χ4n) is 2.85. The van der Waals surface area contributed by atoms with Gasteiger partial charge in [0.2, 0.25) is 5.91 Å². The molecular weight excluding hydrogens is 477 g/mol. The van der Waals surface area contributed by atoms with Crippen molar-refractivity contribution in [3.63, 3.8) is 0 Å². The number of amides is 1. The molecule has 1 aliphatic heterocycles. The number of rotatable bonds is 7. The quantitative estimate of drug-likeness (QED) is 0.230. The highest BCUT2D eigenvalue weighted by molar-refractivity contribution is 14.0. The van der Waals surface area contributed by atoms with Crippen LogP contribution in [0.3, 0.4) is 0 Å². The molecule has 1 amide bonds. The lowest BCUT2D eigenvalue weighted by Gasteiger charge is -2.20. The van der Waals surface area contributed by atoms with Crippen LogP contribution in [0.5, 0.6) is 0 Å². The van der Waals surface area contributed by atoms with Gasteiger partial charge in [-0.2, -0.15) is 0 Å². The molecule has 152 valence electrons. The smallest absolute Gasteiger partial charge is 0.222 e. The molecule has 2 rings (SSSR count). The van der Waals surface area contributed by atoms with Crippen LogP contribution in [0, 0.1) is 5.92 Å². The number of carbonyl (C=O) groups is 1. The summed E-state index contributed by atoms with van der Waals surface area (Å²) in [6, 6.07) is 8.29. The molecule has 1 atom stereocenters. The van der Waals surface area contributed by atoms with Crippen LogP contribution in [0.25, 0.3) is 0 Å². The second-order valence-electron chi connectivity index (χ2n) is 6.76. The molecule has 1 aromatic carbocycles. The lowest BCUT2D eigenvalue weighted by atomic mass is 10.2. The fourth-order valence-corrected chi connectivity index (χ4v) is 3.03. The predicted molar refractivity (Wildman–Crippen MR) is 124 cm³/mol. The minimum atomic E-state index is 0. The minimum absolute atomic E-state index is 0. The van der Waals surface area contributed by atoms with E-state index in [2.05, 4.69) is 31.9 Å². The fraction of sp³-hybridized carbons (Fsp3) is 0.579. The average Bonchev–Trinajstić information content (AvgIpc) is 3.07. The van der Waals surface area contributed by atoms with Gasteiger partial charge in [-0.05, 0) is 31.5 Å². The molecule has 0 spiro atoms. The third-order valence-electron chi connectivity index (χ3n) is 4.25. The van der Waals surface area contributed by atoms with Gasteiger partial charge in [0.1, 0.15) is 0 Å². The lowest BCUT2D eigenvalue weighted by molar-refractivity contribution is -0.123. The van der Waals surface area contributed by atoms with E-state index in [1.165, 1.54) is 0 Å². The van der Waals surface area contributed by atoms with E-state index in [-0.39, 0.29) is 35.8 Å². The standard InChI is InChI=1S/C19H30ClN5O.HI/c1-4-21-19(23-10-9-22-18(26)14(2)3)24-16-8-11-25(13-16)17-7-5-6-15(20)12-17;/h5-7,12,14,16H,4,8-11,13H2,1-3H3,(H,22,26)(H2,21,23,24);1H. The summed E-state index contributed by atoms with van der Waals surface area (Å²) in [6.07, 6.45) is 1.04. The van der Waals surface area contributed by atoms with Crippen molar-refractivity contribution in [1.82, 2.24) is 16.0 Å². The molecule has 1 unspecified atom stereocenters. The van der Waals surface area contributed by atoms with E-state index in [4.69, 9.17) is 11.6 Å². The summed E-state index contributed by atoms with van der Waals surface area (Å²) in [5, 5.41) is 10.4. The highest BCUT2D eigenvalue weighted by atomic mass is 127. The number of anilines is 1. The van der Waals surface area contributed by atoms with Crippen molar-refractivity contribution in [2.24, 2.45) is 10.9 Å². The SMILES string of the molecule is CCNC(=NCCNC(=O)C(C)C)NC1CCN(c2cccc(Cl)c2)C1.I. The second-order valence-corrected chi connectivity index (χ2v) is 7.20. The van der Waals surface area contributed by atoms with Crippen molar-refractivity contribution < 1.29 is 4.79 Å². The van der Waals surface area contributed by atoms with Crippen LogP contribution in [-0.4, -0.2) is 50.6 Å². The van der Waals surface area contributed by atoms with Crippen LogP contribution in [0.2, 0.25) is 5.02 Å². The summed E-state index contributed by atoms with van der Waals surface area (Å²) in [5.74, 6) is 0.858. The van der Waals surface area contributed by atoms with E-state index in [9.17, 15) is 4.79 Å². The Labute approximate surface area is 184 Å². The van der Waals surface area contributed by atoms with Crippen LogP contribution in [0.1, 0.15) is 27.2 Å². The van der Waals surface area contributed by atoms with E-state index >= 15 is 0 Å². The van der Waals surface area contributed by atoms with E-state index in [1.807, 2.05) is 39.0 Å². The maximum absolute atomic E-state index is 11.6. The first kappa shape index (κ1) is 23.8. The first-order valence-corrected chi connectivity index (χ1v) is 9.70. The Morgan fingerprint density at radius 1 is 1.37 bits per heavy atom. The summed E-state index contributed by atoms with van der Waals surface area (Å²) in [4.78, 5) is 18.5. The number of benzene rings is 1. The third kappa shape index (κ3) is 8.13. The highest BCUT2D eigenvalue weighted by Gasteiger charge is 2.23. The molecule has 0 saturated carbocycles. The zero-order valence-electron chi connectivity index (χ0n) is 16.3. The minimum Gasteiger partial charge on any atom is -0.369 e. The highest BCUT2D eigenvalue weighted by Crippen LogP contribution is 2.23. The zero-order chi connectivity index (χ0) is 18.9. The van der Waals surface area contributed by atoms with Crippen molar-refractivity contribution in [1.29, 1.82) is 0 Å². The first-order valence-electron chi connectivity index (χ1n) is 9.32. The normalized spacial score (nSPS) is 16.9. The van der Waals surface area contributed by atoms with Crippen LogP contribution >= 0.6 is 35.6 Å². The molecule has 0 bridgehead atoms. The molecule has 6 nitrogen and oxygen atoms in total. The Hall–Kier alpha value is -1.22. The van der Waals surface area contributed by atoms with Crippen LogP contribution in [0.15, 0.2) is 29.3 Å². The molecule has 1 fully saturated rings. The number of carbonyl (C=O) groups excluding carboxylic acids is 1. The number of nitrogens with one attached hydrogen (secondary N) is 3. The molecule has 27 heavy (non-hydrogen) atoms. The summed E-state index contributed by atoms with van der Waals surface area (Å²) in [6.45, 7) is 9.62. The Morgan fingerprint density at radius 3 is 2.81 bits per heavy atom. The van der Waals surface area contributed by atoms with Gasteiger partial charge >= 0.3 is 0 Å². The maximum atomic E-state index is 11.6. The van der Waals surface area contributed by atoms with E-state index < -0.39 is 0 Å². The Morgan fingerprint density at radius 2 is 2.15 bits per heavy atom. The summed E-state index contributed by atoms with van der Waals surface area (Å²) < 4.78 is 0. The van der Waals surface area contributed by atoms with Gasteiger partial charge in [-0.1, -0.05) is 31.5 Å².